The number of hydrogen-bond donors (Lipinski definition) is 2. The summed E-state index contributed by atoms with van der Waals surface area (Å²) >= 11 is 0. The van der Waals surface area contributed by atoms with E-state index in [2.05, 4.69) is 5.32 Å². The molecule has 0 heterocycles. The Morgan fingerprint density at radius 1 is 1.70 bits per heavy atom. The zero-order chi connectivity index (χ0) is 7.56. The smallest absolute Gasteiger partial charge is 0.236 e. The molecule has 1 atom stereocenters. The summed E-state index contributed by atoms with van der Waals surface area (Å²) in [5, 5.41) is 2.85. The summed E-state index contributed by atoms with van der Waals surface area (Å²) in [6.45, 7) is 1.70. The van der Waals surface area contributed by atoms with Crippen molar-refractivity contribution in [1.29, 1.82) is 0 Å². The van der Waals surface area contributed by atoms with Gasteiger partial charge in [0, 0.05) is 6.04 Å². The lowest BCUT2D eigenvalue weighted by Gasteiger charge is -2.27. The zero-order valence-corrected chi connectivity index (χ0v) is 6.26. The van der Waals surface area contributed by atoms with Crippen LogP contribution in [0, 0.1) is 0 Å². The fourth-order valence-corrected chi connectivity index (χ4v) is 0.885. The van der Waals surface area contributed by atoms with E-state index in [1.807, 2.05) is 0 Å². The maximum atomic E-state index is 10.9. The molecule has 0 saturated heterocycles. The van der Waals surface area contributed by atoms with Crippen molar-refractivity contribution in [2.75, 3.05) is 0 Å². The summed E-state index contributed by atoms with van der Waals surface area (Å²) in [5.74, 6) is -0.0234. The van der Waals surface area contributed by atoms with Gasteiger partial charge in [-0.15, -0.1) is 0 Å². The van der Waals surface area contributed by atoms with Crippen molar-refractivity contribution < 1.29 is 4.79 Å². The fraction of sp³-hybridized carbons (Fsp3) is 0.857. The Morgan fingerprint density at radius 3 is 2.60 bits per heavy atom. The van der Waals surface area contributed by atoms with Crippen LogP contribution in [0.5, 0.6) is 0 Å². The van der Waals surface area contributed by atoms with Crippen molar-refractivity contribution in [3.8, 4) is 0 Å². The first-order chi connectivity index (χ1) is 4.70. The zero-order valence-electron chi connectivity index (χ0n) is 6.26. The van der Waals surface area contributed by atoms with Crippen molar-refractivity contribution in [2.24, 2.45) is 5.73 Å². The predicted octanol–water partition coefficient (Wildman–Crippen LogP) is 0.00230. The summed E-state index contributed by atoms with van der Waals surface area (Å²) in [5.41, 5.74) is 5.35. The molecule has 0 aliphatic heterocycles. The van der Waals surface area contributed by atoms with E-state index in [9.17, 15) is 4.79 Å². The summed E-state index contributed by atoms with van der Waals surface area (Å²) in [6.07, 6.45) is 3.49. The van der Waals surface area contributed by atoms with E-state index in [-0.39, 0.29) is 11.9 Å². The predicted molar refractivity (Wildman–Crippen MR) is 39.4 cm³/mol. The lowest BCUT2D eigenvalue weighted by atomic mass is 9.93. The third-order valence-electron chi connectivity index (χ3n) is 1.87. The number of nitrogens with one attached hydrogen (secondary N) is 1. The normalized spacial score (nSPS) is 21.4. The number of nitrogens with two attached hydrogens (primary N) is 1. The van der Waals surface area contributed by atoms with Crippen LogP contribution in [0.1, 0.15) is 26.2 Å². The highest BCUT2D eigenvalue weighted by atomic mass is 16.2. The van der Waals surface area contributed by atoms with Crippen LogP contribution in [0.3, 0.4) is 0 Å². The molecule has 1 amide bonds. The van der Waals surface area contributed by atoms with E-state index in [4.69, 9.17) is 5.73 Å². The Bertz CT molecular complexity index is 130. The van der Waals surface area contributed by atoms with Crippen LogP contribution in [0.4, 0.5) is 0 Å². The summed E-state index contributed by atoms with van der Waals surface area (Å²) < 4.78 is 0. The molecule has 1 fully saturated rings. The van der Waals surface area contributed by atoms with Crippen molar-refractivity contribution in [3.05, 3.63) is 0 Å². The van der Waals surface area contributed by atoms with Gasteiger partial charge in [-0.05, 0) is 26.2 Å². The van der Waals surface area contributed by atoms with E-state index in [1.165, 1.54) is 6.42 Å². The van der Waals surface area contributed by atoms with Gasteiger partial charge >= 0.3 is 0 Å². The third-order valence-corrected chi connectivity index (χ3v) is 1.87. The molecule has 0 unspecified atom stereocenters. The van der Waals surface area contributed by atoms with Gasteiger partial charge < -0.3 is 11.1 Å². The van der Waals surface area contributed by atoms with Crippen molar-refractivity contribution in [3.63, 3.8) is 0 Å². The minimum absolute atomic E-state index is 0.0234. The number of amides is 1. The lowest BCUT2D eigenvalue weighted by molar-refractivity contribution is -0.123. The highest BCUT2D eigenvalue weighted by Gasteiger charge is 2.20. The van der Waals surface area contributed by atoms with Crippen molar-refractivity contribution in [1.82, 2.24) is 5.32 Å². The standard InChI is InChI=1S/C7H14N2O/c1-5(8)7(10)9-6-3-2-4-6/h5-6H,2-4,8H2,1H3,(H,9,10)/t5-/m1/s1. The average Bonchev–Trinajstić information content (AvgIpc) is 1.77. The van der Waals surface area contributed by atoms with Gasteiger partial charge in [-0.1, -0.05) is 0 Å². The minimum Gasteiger partial charge on any atom is -0.352 e. The topological polar surface area (TPSA) is 55.1 Å². The van der Waals surface area contributed by atoms with E-state index < -0.39 is 0 Å². The van der Waals surface area contributed by atoms with Gasteiger partial charge in [0.1, 0.15) is 0 Å². The molecule has 1 aliphatic rings. The molecule has 0 radical (unpaired) electrons. The van der Waals surface area contributed by atoms with Gasteiger partial charge in [-0.2, -0.15) is 0 Å². The number of carbonyl (C=O) groups excluding carboxylic acids is 1. The van der Waals surface area contributed by atoms with Gasteiger partial charge in [0.2, 0.25) is 5.91 Å². The fourth-order valence-electron chi connectivity index (χ4n) is 0.885. The highest BCUT2D eigenvalue weighted by Crippen LogP contribution is 2.17. The summed E-state index contributed by atoms with van der Waals surface area (Å²) in [6, 6.07) is 0.0547. The number of carbonyl (C=O) groups is 1. The van der Waals surface area contributed by atoms with Crippen LogP contribution in [0.15, 0.2) is 0 Å². The largest absolute Gasteiger partial charge is 0.352 e. The second-order valence-corrected chi connectivity index (χ2v) is 2.93. The molecule has 58 valence electrons. The highest BCUT2D eigenvalue weighted by molar-refractivity contribution is 5.81. The van der Waals surface area contributed by atoms with Gasteiger partial charge in [-0.25, -0.2) is 0 Å². The number of hydrogen-bond acceptors (Lipinski definition) is 2. The van der Waals surface area contributed by atoms with Gasteiger partial charge in [0.25, 0.3) is 0 Å². The number of rotatable bonds is 2. The van der Waals surface area contributed by atoms with Crippen LogP contribution in [0.2, 0.25) is 0 Å². The Morgan fingerprint density at radius 2 is 2.30 bits per heavy atom. The van der Waals surface area contributed by atoms with Gasteiger partial charge in [0.15, 0.2) is 0 Å². The van der Waals surface area contributed by atoms with E-state index >= 15 is 0 Å². The maximum Gasteiger partial charge on any atom is 0.236 e. The molecule has 3 heteroatoms. The second kappa shape index (κ2) is 3.01. The monoisotopic (exact) mass is 142 g/mol. The minimum atomic E-state index is -0.361. The molecule has 0 aromatic heterocycles. The molecule has 0 bridgehead atoms. The first-order valence-corrected chi connectivity index (χ1v) is 3.76. The quantitative estimate of drug-likeness (QED) is 0.570. The molecule has 1 saturated carbocycles. The Kier molecular flexibility index (Phi) is 2.27. The first kappa shape index (κ1) is 7.54. The van der Waals surface area contributed by atoms with Crippen LogP contribution >= 0.6 is 0 Å². The van der Waals surface area contributed by atoms with Gasteiger partial charge in [0.05, 0.1) is 6.04 Å². The Hall–Kier alpha value is -0.570. The molecular formula is C7H14N2O. The van der Waals surface area contributed by atoms with Crippen LogP contribution in [-0.2, 0) is 4.79 Å². The molecule has 0 spiro atoms. The third kappa shape index (κ3) is 1.70. The van der Waals surface area contributed by atoms with E-state index in [0.717, 1.165) is 12.8 Å². The average molecular weight is 142 g/mol. The molecule has 1 rings (SSSR count). The van der Waals surface area contributed by atoms with Crippen LogP contribution in [0.25, 0.3) is 0 Å². The van der Waals surface area contributed by atoms with Crippen molar-refractivity contribution >= 4 is 5.91 Å². The van der Waals surface area contributed by atoms with Crippen LogP contribution in [-0.4, -0.2) is 18.0 Å². The van der Waals surface area contributed by atoms with Crippen LogP contribution < -0.4 is 11.1 Å². The molecule has 0 aromatic rings. The Labute approximate surface area is 61.0 Å². The molecular weight excluding hydrogens is 128 g/mol. The molecule has 0 aromatic carbocycles. The summed E-state index contributed by atoms with van der Waals surface area (Å²) in [4.78, 5) is 10.9. The van der Waals surface area contributed by atoms with E-state index in [1.54, 1.807) is 6.92 Å². The molecule has 10 heavy (non-hydrogen) atoms. The van der Waals surface area contributed by atoms with E-state index in [0.29, 0.717) is 6.04 Å². The maximum absolute atomic E-state index is 10.9. The first-order valence-electron chi connectivity index (χ1n) is 3.76. The van der Waals surface area contributed by atoms with Crippen molar-refractivity contribution in [2.45, 2.75) is 38.3 Å². The SMILES string of the molecule is C[C@@H](N)C(=O)NC1CCC1. The lowest BCUT2D eigenvalue weighted by Crippen LogP contribution is -2.46. The molecule has 3 N–H and O–H groups in total. The second-order valence-electron chi connectivity index (χ2n) is 2.93. The van der Waals surface area contributed by atoms with Gasteiger partial charge in [-0.3, -0.25) is 4.79 Å². The molecule has 1 aliphatic carbocycles. The summed E-state index contributed by atoms with van der Waals surface area (Å²) in [7, 11) is 0. The Balaban J connectivity index is 2.17. The molecule has 3 nitrogen and oxygen atoms in total.